The fourth-order valence-electron chi connectivity index (χ4n) is 1.44. The van der Waals surface area contributed by atoms with Gasteiger partial charge in [0.25, 0.3) is 0 Å². The Bertz CT molecular complexity index is 362. The van der Waals surface area contributed by atoms with Crippen LogP contribution in [0.25, 0.3) is 0 Å². The monoisotopic (exact) mass is 210 g/mol. The second-order valence-electron chi connectivity index (χ2n) is 2.90. The van der Waals surface area contributed by atoms with Crippen molar-refractivity contribution in [2.75, 3.05) is 13.7 Å². The first-order valence-electron chi connectivity index (χ1n) is 4.32. The number of ketones is 1. The van der Waals surface area contributed by atoms with E-state index in [0.717, 1.165) is 4.90 Å². The molecule has 14 heavy (non-hydrogen) atoms. The number of fused-ring (bicyclic) bond motifs is 1. The summed E-state index contributed by atoms with van der Waals surface area (Å²) < 4.78 is 10.3. The van der Waals surface area contributed by atoms with Crippen LogP contribution in [0.3, 0.4) is 0 Å². The molecule has 2 rings (SSSR count). The fraction of sp³-hybridized carbons (Fsp3) is 0.300. The predicted octanol–water partition coefficient (Wildman–Crippen LogP) is 2.31. The van der Waals surface area contributed by atoms with E-state index in [1.807, 2.05) is 18.2 Å². The molecular weight excluding hydrogens is 200 g/mol. The topological polar surface area (TPSA) is 35.5 Å². The SMILES string of the molecule is COSc1cccc2c1C(=O)CCO2. The molecule has 1 aliphatic heterocycles. The van der Waals surface area contributed by atoms with Gasteiger partial charge in [0.15, 0.2) is 5.78 Å². The summed E-state index contributed by atoms with van der Waals surface area (Å²) in [6.45, 7) is 0.479. The average Bonchev–Trinajstić information content (AvgIpc) is 2.19. The molecule has 0 aromatic heterocycles. The molecule has 0 fully saturated rings. The Morgan fingerprint density at radius 3 is 3.14 bits per heavy atom. The lowest BCUT2D eigenvalue weighted by Gasteiger charge is -2.17. The molecule has 1 aliphatic rings. The molecule has 0 atom stereocenters. The number of hydrogen-bond acceptors (Lipinski definition) is 4. The Hall–Kier alpha value is -1.00. The number of Topliss-reactive ketones (excluding diaryl/α,β-unsaturated/α-hetero) is 1. The van der Waals surface area contributed by atoms with E-state index in [1.165, 1.54) is 12.0 Å². The summed E-state index contributed by atoms with van der Waals surface area (Å²) >= 11 is 1.19. The number of benzene rings is 1. The highest BCUT2D eigenvalue weighted by Crippen LogP contribution is 2.33. The van der Waals surface area contributed by atoms with Crippen molar-refractivity contribution in [3.63, 3.8) is 0 Å². The fourth-order valence-corrected chi connectivity index (χ4v) is 2.06. The van der Waals surface area contributed by atoms with Crippen LogP contribution in [0.1, 0.15) is 16.8 Å². The normalized spacial score (nSPS) is 14.8. The van der Waals surface area contributed by atoms with E-state index in [0.29, 0.717) is 24.3 Å². The van der Waals surface area contributed by atoms with Crippen molar-refractivity contribution in [1.82, 2.24) is 0 Å². The van der Waals surface area contributed by atoms with Crippen LogP contribution in [-0.4, -0.2) is 19.5 Å². The van der Waals surface area contributed by atoms with Gasteiger partial charge in [-0.05, 0) is 12.1 Å². The highest BCUT2D eigenvalue weighted by atomic mass is 32.2. The van der Waals surface area contributed by atoms with Crippen molar-refractivity contribution < 1.29 is 13.7 Å². The van der Waals surface area contributed by atoms with E-state index in [2.05, 4.69) is 0 Å². The Balaban J connectivity index is 2.46. The van der Waals surface area contributed by atoms with Crippen molar-refractivity contribution in [3.05, 3.63) is 23.8 Å². The van der Waals surface area contributed by atoms with Gasteiger partial charge in [-0.25, -0.2) is 0 Å². The van der Waals surface area contributed by atoms with Gasteiger partial charge in [-0.3, -0.25) is 4.79 Å². The minimum absolute atomic E-state index is 0.131. The second-order valence-corrected chi connectivity index (χ2v) is 3.84. The summed E-state index contributed by atoms with van der Waals surface area (Å²) in [5, 5.41) is 0. The number of hydrogen-bond donors (Lipinski definition) is 0. The van der Waals surface area contributed by atoms with E-state index >= 15 is 0 Å². The van der Waals surface area contributed by atoms with Crippen LogP contribution < -0.4 is 4.74 Å². The van der Waals surface area contributed by atoms with Gasteiger partial charge in [0, 0.05) is 23.4 Å². The minimum atomic E-state index is 0.131. The summed E-state index contributed by atoms with van der Waals surface area (Å²) in [5.74, 6) is 0.801. The summed E-state index contributed by atoms with van der Waals surface area (Å²) in [5.41, 5.74) is 0.658. The summed E-state index contributed by atoms with van der Waals surface area (Å²) in [6.07, 6.45) is 0.453. The van der Waals surface area contributed by atoms with Crippen molar-refractivity contribution in [2.45, 2.75) is 11.3 Å². The molecule has 0 radical (unpaired) electrons. The largest absolute Gasteiger partial charge is 0.492 e. The number of carbonyl (C=O) groups is 1. The highest BCUT2D eigenvalue weighted by molar-refractivity contribution is 7.94. The molecule has 0 saturated carbocycles. The highest BCUT2D eigenvalue weighted by Gasteiger charge is 2.21. The number of rotatable bonds is 2. The smallest absolute Gasteiger partial charge is 0.171 e. The van der Waals surface area contributed by atoms with Gasteiger partial charge in [-0.15, -0.1) is 0 Å². The average molecular weight is 210 g/mol. The molecule has 0 spiro atoms. The van der Waals surface area contributed by atoms with Gasteiger partial charge in [-0.1, -0.05) is 6.07 Å². The zero-order chi connectivity index (χ0) is 9.97. The van der Waals surface area contributed by atoms with Gasteiger partial charge in [0.2, 0.25) is 0 Å². The zero-order valence-electron chi connectivity index (χ0n) is 7.78. The van der Waals surface area contributed by atoms with E-state index < -0.39 is 0 Å². The molecule has 0 unspecified atom stereocenters. The van der Waals surface area contributed by atoms with Crippen LogP contribution in [0.2, 0.25) is 0 Å². The maximum absolute atomic E-state index is 11.6. The third-order valence-electron chi connectivity index (χ3n) is 2.03. The Morgan fingerprint density at radius 1 is 1.50 bits per heavy atom. The standard InChI is InChI=1S/C10H10O3S/c1-12-14-9-4-2-3-8-10(9)7(11)5-6-13-8/h2-4H,5-6H2,1H3. The summed E-state index contributed by atoms with van der Waals surface area (Å²) in [7, 11) is 1.58. The molecule has 1 aromatic rings. The molecule has 1 heterocycles. The molecule has 4 heteroatoms. The molecule has 0 amide bonds. The Morgan fingerprint density at radius 2 is 2.36 bits per heavy atom. The third kappa shape index (κ3) is 1.63. The van der Waals surface area contributed by atoms with E-state index in [-0.39, 0.29) is 5.78 Å². The molecule has 0 bridgehead atoms. The van der Waals surface area contributed by atoms with Crippen LogP contribution in [0.15, 0.2) is 23.1 Å². The minimum Gasteiger partial charge on any atom is -0.492 e. The van der Waals surface area contributed by atoms with Crippen molar-refractivity contribution in [1.29, 1.82) is 0 Å². The molecular formula is C10H10O3S. The van der Waals surface area contributed by atoms with Gasteiger partial charge in [-0.2, -0.15) is 0 Å². The summed E-state index contributed by atoms with van der Waals surface area (Å²) in [6, 6.07) is 5.53. The lowest BCUT2D eigenvalue weighted by atomic mass is 10.1. The lowest BCUT2D eigenvalue weighted by Crippen LogP contribution is -2.16. The Kier molecular flexibility index (Phi) is 2.74. The van der Waals surface area contributed by atoms with Crippen LogP contribution in [0.4, 0.5) is 0 Å². The molecule has 3 nitrogen and oxygen atoms in total. The van der Waals surface area contributed by atoms with Crippen molar-refractivity contribution in [3.8, 4) is 5.75 Å². The van der Waals surface area contributed by atoms with Crippen LogP contribution >= 0.6 is 12.0 Å². The van der Waals surface area contributed by atoms with Gasteiger partial charge in [0.1, 0.15) is 5.75 Å². The lowest BCUT2D eigenvalue weighted by molar-refractivity contribution is 0.0929. The van der Waals surface area contributed by atoms with E-state index in [4.69, 9.17) is 8.92 Å². The second kappa shape index (κ2) is 4.02. The first-order valence-corrected chi connectivity index (χ1v) is 5.07. The van der Waals surface area contributed by atoms with Crippen molar-refractivity contribution in [2.24, 2.45) is 0 Å². The Labute approximate surface area is 86.6 Å². The van der Waals surface area contributed by atoms with Gasteiger partial charge in [0.05, 0.1) is 19.3 Å². The van der Waals surface area contributed by atoms with Gasteiger partial charge >= 0.3 is 0 Å². The quantitative estimate of drug-likeness (QED) is 0.702. The maximum Gasteiger partial charge on any atom is 0.171 e. The van der Waals surface area contributed by atoms with Crippen molar-refractivity contribution >= 4 is 17.8 Å². The van der Waals surface area contributed by atoms with Crippen LogP contribution in [0, 0.1) is 0 Å². The maximum atomic E-state index is 11.6. The first-order chi connectivity index (χ1) is 6.83. The zero-order valence-corrected chi connectivity index (χ0v) is 8.60. The number of ether oxygens (including phenoxy) is 1. The number of carbonyl (C=O) groups excluding carboxylic acids is 1. The summed E-state index contributed by atoms with van der Waals surface area (Å²) in [4.78, 5) is 12.5. The molecule has 0 N–H and O–H groups in total. The first kappa shape index (κ1) is 9.55. The van der Waals surface area contributed by atoms with Crippen LogP contribution in [0.5, 0.6) is 5.75 Å². The molecule has 74 valence electrons. The predicted molar refractivity (Wildman–Crippen MR) is 53.8 cm³/mol. The third-order valence-corrected chi connectivity index (χ3v) is 2.71. The molecule has 0 aliphatic carbocycles. The van der Waals surface area contributed by atoms with Crippen LogP contribution in [-0.2, 0) is 4.18 Å². The molecule has 0 saturated heterocycles. The van der Waals surface area contributed by atoms with E-state index in [1.54, 1.807) is 7.11 Å². The molecule has 1 aromatic carbocycles. The van der Waals surface area contributed by atoms with Gasteiger partial charge < -0.3 is 8.92 Å². The van der Waals surface area contributed by atoms with E-state index in [9.17, 15) is 4.79 Å².